The van der Waals surface area contributed by atoms with Crippen molar-refractivity contribution in [3.63, 3.8) is 0 Å². The molecule has 2 aromatic carbocycles. The van der Waals surface area contributed by atoms with E-state index < -0.39 is 24.9 Å². The Morgan fingerprint density at radius 3 is 2.45 bits per heavy atom. The van der Waals surface area contributed by atoms with Crippen LogP contribution >= 0.6 is 0 Å². The maximum Gasteiger partial charge on any atom is 0.282 e. The van der Waals surface area contributed by atoms with E-state index in [0.29, 0.717) is 33.7 Å². The fourth-order valence-corrected chi connectivity index (χ4v) is 3.38. The number of amides is 2. The van der Waals surface area contributed by atoms with Crippen LogP contribution in [0.25, 0.3) is 10.9 Å². The van der Waals surface area contributed by atoms with Crippen LogP contribution in [0.1, 0.15) is 15.9 Å². The molecule has 1 aliphatic rings. The second-order valence-corrected chi connectivity index (χ2v) is 7.27. The van der Waals surface area contributed by atoms with Gasteiger partial charge in [0.2, 0.25) is 5.91 Å². The number of alkyl halides is 2. The lowest BCUT2D eigenvalue weighted by Gasteiger charge is -2.38. The molecular formula is C22H19F2N3O4. The monoisotopic (exact) mass is 427 g/mol. The summed E-state index contributed by atoms with van der Waals surface area (Å²) in [4.78, 5) is 29.2. The quantitative estimate of drug-likeness (QED) is 0.652. The largest absolute Gasteiger partial charge is 0.496 e. The number of pyridine rings is 1. The average molecular weight is 427 g/mol. The molecule has 9 heteroatoms. The SMILES string of the molecule is COc1cc2nccc(Oc3ccc(CC(=O)N4CC(F)(F)C4)cc3)c2cc1C(N)=O. The highest BCUT2D eigenvalue weighted by molar-refractivity contribution is 6.01. The van der Waals surface area contributed by atoms with Gasteiger partial charge >= 0.3 is 0 Å². The molecule has 0 bridgehead atoms. The molecule has 0 aliphatic carbocycles. The van der Waals surface area contributed by atoms with E-state index in [2.05, 4.69) is 4.98 Å². The number of primary amides is 1. The molecule has 0 saturated carbocycles. The van der Waals surface area contributed by atoms with E-state index in [4.69, 9.17) is 15.2 Å². The number of fused-ring (bicyclic) bond motifs is 1. The maximum atomic E-state index is 12.9. The molecule has 2 amide bonds. The molecule has 160 valence electrons. The lowest BCUT2D eigenvalue weighted by Crippen LogP contribution is -2.58. The molecule has 0 radical (unpaired) electrons. The Balaban J connectivity index is 1.52. The van der Waals surface area contributed by atoms with E-state index in [-0.39, 0.29) is 17.9 Å². The van der Waals surface area contributed by atoms with Gasteiger partial charge in [-0.3, -0.25) is 14.6 Å². The first kappa shape index (κ1) is 20.5. The van der Waals surface area contributed by atoms with Gasteiger partial charge in [-0.05, 0) is 29.8 Å². The second-order valence-electron chi connectivity index (χ2n) is 7.27. The number of benzene rings is 2. The van der Waals surface area contributed by atoms with E-state index in [9.17, 15) is 18.4 Å². The van der Waals surface area contributed by atoms with Crippen LogP contribution in [0.3, 0.4) is 0 Å². The van der Waals surface area contributed by atoms with E-state index in [1.54, 1.807) is 48.7 Å². The van der Waals surface area contributed by atoms with E-state index >= 15 is 0 Å². The van der Waals surface area contributed by atoms with Gasteiger partial charge in [0.25, 0.3) is 11.8 Å². The first-order chi connectivity index (χ1) is 14.8. The zero-order valence-corrected chi connectivity index (χ0v) is 16.6. The van der Waals surface area contributed by atoms with E-state index in [0.717, 1.165) is 4.90 Å². The molecule has 2 heterocycles. The highest BCUT2D eigenvalue weighted by atomic mass is 19.3. The van der Waals surface area contributed by atoms with Crippen molar-refractivity contribution in [2.24, 2.45) is 5.73 Å². The molecule has 2 N–H and O–H groups in total. The number of likely N-dealkylation sites (tertiary alicyclic amines) is 1. The van der Waals surface area contributed by atoms with Gasteiger partial charge in [-0.2, -0.15) is 0 Å². The smallest absolute Gasteiger partial charge is 0.282 e. The fraction of sp³-hybridized carbons (Fsp3) is 0.227. The molecule has 3 aromatic rings. The van der Waals surface area contributed by atoms with Gasteiger partial charge in [0.1, 0.15) is 17.2 Å². The lowest BCUT2D eigenvalue weighted by atomic mass is 10.1. The van der Waals surface area contributed by atoms with Crippen molar-refractivity contribution in [1.82, 2.24) is 9.88 Å². The molecule has 0 spiro atoms. The Hall–Kier alpha value is -3.75. The summed E-state index contributed by atoms with van der Waals surface area (Å²) in [5.74, 6) is -2.48. The van der Waals surface area contributed by atoms with Gasteiger partial charge in [-0.15, -0.1) is 0 Å². The number of aromatic nitrogens is 1. The van der Waals surface area contributed by atoms with Crippen molar-refractivity contribution in [3.05, 3.63) is 59.8 Å². The Bertz CT molecular complexity index is 1160. The standard InChI is InChI=1S/C22H19F2N3O4/c1-30-19-10-17-15(9-16(19)21(25)29)18(6-7-26-17)31-14-4-2-13(3-5-14)8-20(28)27-11-22(23,24)12-27/h2-7,9-10H,8,11-12H2,1H3,(H2,25,29). The second kappa shape index (κ2) is 7.82. The number of rotatable bonds is 6. The van der Waals surface area contributed by atoms with Gasteiger partial charge in [0.05, 0.1) is 37.7 Å². The van der Waals surface area contributed by atoms with Gasteiger partial charge < -0.3 is 20.1 Å². The zero-order chi connectivity index (χ0) is 22.2. The van der Waals surface area contributed by atoms with Crippen molar-refractivity contribution in [3.8, 4) is 17.2 Å². The summed E-state index contributed by atoms with van der Waals surface area (Å²) in [7, 11) is 1.44. The highest BCUT2D eigenvalue weighted by Gasteiger charge is 2.45. The van der Waals surface area contributed by atoms with E-state index in [1.807, 2.05) is 0 Å². The summed E-state index contributed by atoms with van der Waals surface area (Å²) < 4.78 is 37.0. The van der Waals surface area contributed by atoms with Crippen LogP contribution in [0.5, 0.6) is 17.2 Å². The molecule has 7 nitrogen and oxygen atoms in total. The van der Waals surface area contributed by atoms with Crippen molar-refractivity contribution in [1.29, 1.82) is 0 Å². The third kappa shape index (κ3) is 4.25. The third-order valence-corrected chi connectivity index (χ3v) is 4.99. The number of hydrogen-bond donors (Lipinski definition) is 1. The number of hydrogen-bond acceptors (Lipinski definition) is 5. The number of ether oxygens (including phenoxy) is 2. The molecular weight excluding hydrogens is 408 g/mol. The molecule has 1 aliphatic heterocycles. The van der Waals surface area contributed by atoms with Crippen LogP contribution in [0.15, 0.2) is 48.7 Å². The minimum absolute atomic E-state index is 0.0380. The van der Waals surface area contributed by atoms with Crippen molar-refractivity contribution < 1.29 is 27.8 Å². The summed E-state index contributed by atoms with van der Waals surface area (Å²) in [6.07, 6.45) is 1.60. The summed E-state index contributed by atoms with van der Waals surface area (Å²) in [5, 5.41) is 0.579. The number of carbonyl (C=O) groups excluding carboxylic acids is 2. The van der Waals surface area contributed by atoms with Crippen LogP contribution in [0.2, 0.25) is 0 Å². The highest BCUT2D eigenvalue weighted by Crippen LogP contribution is 2.33. The number of methoxy groups -OCH3 is 1. The zero-order valence-electron chi connectivity index (χ0n) is 16.6. The molecule has 0 atom stereocenters. The van der Waals surface area contributed by atoms with Crippen LogP contribution < -0.4 is 15.2 Å². The Morgan fingerprint density at radius 1 is 1.13 bits per heavy atom. The topological polar surface area (TPSA) is 94.8 Å². The van der Waals surface area contributed by atoms with Crippen LogP contribution in [0, 0.1) is 0 Å². The predicted octanol–water partition coefficient (Wildman–Crippen LogP) is 3.15. The molecule has 4 rings (SSSR count). The molecule has 31 heavy (non-hydrogen) atoms. The minimum atomic E-state index is -2.78. The lowest BCUT2D eigenvalue weighted by molar-refractivity contribution is -0.165. The normalized spacial score (nSPS) is 14.7. The Kier molecular flexibility index (Phi) is 5.18. The summed E-state index contributed by atoms with van der Waals surface area (Å²) in [6, 6.07) is 11.6. The van der Waals surface area contributed by atoms with Gasteiger partial charge in [0, 0.05) is 17.6 Å². The van der Waals surface area contributed by atoms with Crippen molar-refractivity contribution in [2.45, 2.75) is 12.3 Å². The van der Waals surface area contributed by atoms with Gasteiger partial charge in [-0.25, -0.2) is 8.78 Å². The number of carbonyl (C=O) groups is 2. The average Bonchev–Trinajstić information content (AvgIpc) is 2.72. The van der Waals surface area contributed by atoms with Gasteiger partial charge in [-0.1, -0.05) is 12.1 Å². The van der Waals surface area contributed by atoms with E-state index in [1.165, 1.54) is 7.11 Å². The van der Waals surface area contributed by atoms with Gasteiger partial charge in [0.15, 0.2) is 0 Å². The molecule has 1 saturated heterocycles. The third-order valence-electron chi connectivity index (χ3n) is 4.99. The Morgan fingerprint density at radius 2 is 1.84 bits per heavy atom. The van der Waals surface area contributed by atoms with Crippen LogP contribution in [-0.4, -0.2) is 47.8 Å². The number of nitrogens with zero attached hydrogens (tertiary/aromatic N) is 2. The first-order valence-electron chi connectivity index (χ1n) is 9.45. The number of nitrogens with two attached hydrogens (primary N) is 1. The molecule has 0 unspecified atom stereocenters. The Labute approximate surface area is 176 Å². The van der Waals surface area contributed by atoms with Crippen LogP contribution in [0.4, 0.5) is 8.78 Å². The summed E-state index contributed by atoms with van der Waals surface area (Å²) in [5.41, 5.74) is 6.90. The minimum Gasteiger partial charge on any atom is -0.496 e. The maximum absolute atomic E-state index is 12.9. The van der Waals surface area contributed by atoms with Crippen LogP contribution in [-0.2, 0) is 11.2 Å². The number of halogens is 2. The summed E-state index contributed by atoms with van der Waals surface area (Å²) in [6.45, 7) is -1.06. The van der Waals surface area contributed by atoms with Crippen molar-refractivity contribution >= 4 is 22.7 Å². The predicted molar refractivity (Wildman–Crippen MR) is 109 cm³/mol. The molecule has 1 aromatic heterocycles. The van der Waals surface area contributed by atoms with Crippen molar-refractivity contribution in [2.75, 3.05) is 20.2 Å². The molecule has 1 fully saturated rings. The summed E-state index contributed by atoms with van der Waals surface area (Å²) >= 11 is 0. The fourth-order valence-electron chi connectivity index (χ4n) is 3.38. The first-order valence-corrected chi connectivity index (χ1v) is 9.45.